The number of nitrogens with two attached hydrogens (primary N) is 2. The van der Waals surface area contributed by atoms with Crippen molar-refractivity contribution in [3.8, 4) is 0 Å². The molecule has 180 valence electrons. The number of benzene rings is 2. The number of carbonyl (C=O) groups is 2. The molecule has 6 N–H and O–H groups in total. The normalized spacial score (nSPS) is 16.5. The number of carboxylic acids is 2. The van der Waals surface area contributed by atoms with E-state index in [1.165, 1.54) is 48.5 Å². The van der Waals surface area contributed by atoms with Crippen molar-refractivity contribution in [2.24, 2.45) is 16.2 Å². The summed E-state index contributed by atoms with van der Waals surface area (Å²) in [6, 6.07) is 14.4. The Kier molecular flexibility index (Phi) is 6.79. The first-order valence-electron chi connectivity index (χ1n) is 9.49. The standard InChI is InChI=1S/C20H20N4O8S2/c21-33(29,30)23(13-7-3-1-4-8-13)17-11-16(20(27)28)18(12-15(17)19(25)26)24(34(22,31)32)14-9-5-2-6-10-14/h1-11,15H,12H2,(H,25,26)(H,27,28)(H2,21,29,30)(H2,22,31,32). The highest BCUT2D eigenvalue weighted by Crippen LogP contribution is 2.39. The maximum absolute atomic E-state index is 12.5. The number of hydrogen-bond acceptors (Lipinski definition) is 6. The number of para-hydroxylation sites is 2. The Morgan fingerprint density at radius 1 is 0.794 bits per heavy atom. The van der Waals surface area contributed by atoms with Crippen LogP contribution in [0.4, 0.5) is 11.4 Å². The van der Waals surface area contributed by atoms with E-state index in [0.717, 1.165) is 6.08 Å². The molecule has 0 radical (unpaired) electrons. The van der Waals surface area contributed by atoms with Gasteiger partial charge in [0.2, 0.25) is 0 Å². The van der Waals surface area contributed by atoms with E-state index in [-0.39, 0.29) is 11.4 Å². The van der Waals surface area contributed by atoms with E-state index in [4.69, 9.17) is 10.3 Å². The highest BCUT2D eigenvalue weighted by Gasteiger charge is 2.41. The molecule has 0 bridgehead atoms. The van der Waals surface area contributed by atoms with E-state index < -0.39 is 61.7 Å². The minimum Gasteiger partial charge on any atom is -0.481 e. The van der Waals surface area contributed by atoms with Gasteiger partial charge in [-0.05, 0) is 30.3 Å². The minimum absolute atomic E-state index is 0.0360. The fourth-order valence-electron chi connectivity index (χ4n) is 3.56. The molecule has 2 aromatic rings. The lowest BCUT2D eigenvalue weighted by atomic mass is 9.89. The van der Waals surface area contributed by atoms with E-state index >= 15 is 0 Å². The van der Waals surface area contributed by atoms with Crippen LogP contribution in [0, 0.1) is 5.92 Å². The summed E-state index contributed by atoms with van der Waals surface area (Å²) in [6.07, 6.45) is 0.0610. The van der Waals surface area contributed by atoms with Crippen molar-refractivity contribution in [2.45, 2.75) is 6.42 Å². The van der Waals surface area contributed by atoms with Gasteiger partial charge >= 0.3 is 32.4 Å². The van der Waals surface area contributed by atoms with Crippen molar-refractivity contribution in [3.63, 3.8) is 0 Å². The molecule has 0 saturated carbocycles. The van der Waals surface area contributed by atoms with Gasteiger partial charge < -0.3 is 10.2 Å². The zero-order valence-corrected chi connectivity index (χ0v) is 19.0. The molecule has 34 heavy (non-hydrogen) atoms. The van der Waals surface area contributed by atoms with Gasteiger partial charge in [-0.25, -0.2) is 23.7 Å². The molecule has 3 rings (SSSR count). The van der Waals surface area contributed by atoms with Crippen molar-refractivity contribution in [3.05, 3.63) is 83.7 Å². The van der Waals surface area contributed by atoms with Crippen molar-refractivity contribution < 1.29 is 36.6 Å². The van der Waals surface area contributed by atoms with E-state index in [0.29, 0.717) is 8.61 Å². The summed E-state index contributed by atoms with van der Waals surface area (Å²) in [5.41, 5.74) is -1.69. The topological polar surface area (TPSA) is 201 Å². The van der Waals surface area contributed by atoms with E-state index in [2.05, 4.69) is 0 Å². The molecular formula is C20H20N4O8S2. The van der Waals surface area contributed by atoms with Gasteiger partial charge in [-0.2, -0.15) is 16.8 Å². The number of carboxylic acid groups (broad SMARTS) is 2. The molecule has 1 atom stereocenters. The summed E-state index contributed by atoms with van der Waals surface area (Å²) in [7, 11) is -9.24. The summed E-state index contributed by atoms with van der Waals surface area (Å²) >= 11 is 0. The van der Waals surface area contributed by atoms with Gasteiger partial charge in [-0.15, -0.1) is 0 Å². The molecule has 0 fully saturated rings. The van der Waals surface area contributed by atoms with E-state index in [9.17, 15) is 36.6 Å². The number of aliphatic carboxylic acids is 2. The quantitative estimate of drug-likeness (QED) is 0.399. The van der Waals surface area contributed by atoms with Crippen LogP contribution in [0.1, 0.15) is 6.42 Å². The largest absolute Gasteiger partial charge is 0.481 e. The molecule has 1 unspecified atom stereocenters. The van der Waals surface area contributed by atoms with Crippen molar-refractivity contribution >= 4 is 43.7 Å². The van der Waals surface area contributed by atoms with Crippen LogP contribution in [0.3, 0.4) is 0 Å². The van der Waals surface area contributed by atoms with Crippen LogP contribution in [0.15, 0.2) is 83.7 Å². The molecule has 0 saturated heterocycles. The van der Waals surface area contributed by atoms with E-state index in [1.807, 2.05) is 0 Å². The van der Waals surface area contributed by atoms with Crippen LogP contribution in [0.5, 0.6) is 0 Å². The second-order valence-electron chi connectivity index (χ2n) is 7.12. The van der Waals surface area contributed by atoms with Crippen LogP contribution < -0.4 is 18.9 Å². The molecule has 1 aliphatic rings. The predicted molar refractivity (Wildman–Crippen MR) is 123 cm³/mol. The monoisotopic (exact) mass is 508 g/mol. The Bertz CT molecular complexity index is 1390. The molecule has 14 heteroatoms. The Hall–Kier alpha value is -3.72. The molecule has 0 aromatic heterocycles. The smallest absolute Gasteiger partial charge is 0.337 e. The highest BCUT2D eigenvalue weighted by atomic mass is 32.2. The van der Waals surface area contributed by atoms with Crippen LogP contribution in [0.25, 0.3) is 0 Å². The first kappa shape index (κ1) is 24.9. The number of allylic oxidation sites excluding steroid dienone is 1. The summed E-state index contributed by atoms with van der Waals surface area (Å²) in [5, 5.41) is 30.5. The fraction of sp³-hybridized carbons (Fsp3) is 0.100. The zero-order valence-electron chi connectivity index (χ0n) is 17.3. The van der Waals surface area contributed by atoms with Crippen molar-refractivity contribution in [2.75, 3.05) is 8.61 Å². The minimum atomic E-state index is -4.62. The fourth-order valence-corrected chi connectivity index (χ4v) is 5.34. The SMILES string of the molecule is NS(=O)(=O)N(C1=CC(C(=O)O)=C(N(c2ccccc2)S(N)(=O)=O)CC1C(=O)O)c1ccccc1. The van der Waals surface area contributed by atoms with Gasteiger partial charge in [0.1, 0.15) is 5.92 Å². The average molecular weight is 509 g/mol. The number of hydrogen-bond donors (Lipinski definition) is 4. The third kappa shape index (κ3) is 5.09. The summed E-state index contributed by atoms with van der Waals surface area (Å²) < 4.78 is 50.8. The number of anilines is 2. The molecule has 1 aliphatic carbocycles. The molecular weight excluding hydrogens is 488 g/mol. The average Bonchev–Trinajstić information content (AvgIpc) is 2.73. The van der Waals surface area contributed by atoms with Gasteiger partial charge in [0.15, 0.2) is 0 Å². The van der Waals surface area contributed by atoms with Gasteiger partial charge in [0, 0.05) is 6.42 Å². The number of rotatable bonds is 8. The van der Waals surface area contributed by atoms with Crippen LogP contribution in [0.2, 0.25) is 0 Å². The summed E-state index contributed by atoms with van der Waals surface area (Å²) in [5.74, 6) is -4.87. The number of nitrogens with zero attached hydrogens (tertiary/aromatic N) is 2. The zero-order chi connectivity index (χ0) is 25.3. The van der Waals surface area contributed by atoms with Crippen molar-refractivity contribution in [1.29, 1.82) is 0 Å². The Morgan fingerprint density at radius 3 is 1.62 bits per heavy atom. The first-order chi connectivity index (χ1) is 15.8. The third-order valence-electron chi connectivity index (χ3n) is 4.86. The molecule has 12 nitrogen and oxygen atoms in total. The Morgan fingerprint density at radius 2 is 1.24 bits per heavy atom. The predicted octanol–water partition coefficient (Wildman–Crippen LogP) is 0.734. The lowest BCUT2D eigenvalue weighted by Gasteiger charge is -2.35. The summed E-state index contributed by atoms with van der Waals surface area (Å²) in [4.78, 5) is 24.3. The molecule has 0 amide bonds. The van der Waals surface area contributed by atoms with Crippen molar-refractivity contribution in [1.82, 2.24) is 0 Å². The molecule has 2 aromatic carbocycles. The first-order valence-corrected chi connectivity index (χ1v) is 12.5. The maximum atomic E-state index is 12.5. The highest BCUT2D eigenvalue weighted by molar-refractivity contribution is 7.91. The van der Waals surface area contributed by atoms with Crippen LogP contribution in [-0.4, -0.2) is 39.0 Å². The Balaban J connectivity index is 2.36. The summed E-state index contributed by atoms with van der Waals surface area (Å²) in [6.45, 7) is 0. The van der Waals surface area contributed by atoms with Gasteiger partial charge in [-0.3, -0.25) is 4.79 Å². The molecule has 0 spiro atoms. The lowest BCUT2D eigenvalue weighted by Crippen LogP contribution is -2.44. The third-order valence-corrected chi connectivity index (χ3v) is 6.73. The molecule has 0 heterocycles. The second-order valence-corrected chi connectivity index (χ2v) is 9.91. The van der Waals surface area contributed by atoms with Gasteiger partial charge in [0.05, 0.1) is 28.3 Å². The lowest BCUT2D eigenvalue weighted by molar-refractivity contribution is -0.140. The maximum Gasteiger partial charge on any atom is 0.337 e. The molecule has 0 aliphatic heterocycles. The van der Waals surface area contributed by atoms with Crippen LogP contribution >= 0.6 is 0 Å². The van der Waals surface area contributed by atoms with Crippen LogP contribution in [-0.2, 0) is 30.0 Å². The van der Waals surface area contributed by atoms with E-state index in [1.54, 1.807) is 12.1 Å². The second kappa shape index (κ2) is 9.26. The Labute approximate surface area is 195 Å². The van der Waals surface area contributed by atoms with Gasteiger partial charge in [-0.1, -0.05) is 36.4 Å². The van der Waals surface area contributed by atoms with Gasteiger partial charge in [0.25, 0.3) is 0 Å².